The van der Waals surface area contributed by atoms with E-state index in [1.807, 2.05) is 24.3 Å². The van der Waals surface area contributed by atoms with Crippen molar-refractivity contribution in [1.29, 1.82) is 0 Å². The van der Waals surface area contributed by atoms with E-state index < -0.39 is 0 Å². The Labute approximate surface area is 126 Å². The molecule has 1 fully saturated rings. The summed E-state index contributed by atoms with van der Waals surface area (Å²) in [6, 6.07) is 7.51. The Balaban J connectivity index is 1.80. The molecule has 1 aromatic rings. The molecule has 1 aromatic carbocycles. The summed E-state index contributed by atoms with van der Waals surface area (Å²) in [5.41, 5.74) is 6.55. The third-order valence-electron chi connectivity index (χ3n) is 3.72. The van der Waals surface area contributed by atoms with Crippen molar-refractivity contribution >= 4 is 5.91 Å². The van der Waals surface area contributed by atoms with Crippen molar-refractivity contribution in [2.45, 2.75) is 31.9 Å². The Morgan fingerprint density at radius 3 is 2.95 bits per heavy atom. The molecular weight excluding hydrogens is 268 g/mol. The minimum atomic E-state index is -0.0454. The van der Waals surface area contributed by atoms with Crippen LogP contribution < -0.4 is 10.5 Å². The second-order valence-electron chi connectivity index (χ2n) is 5.36. The first kappa shape index (κ1) is 15.8. The summed E-state index contributed by atoms with van der Waals surface area (Å²) in [5.74, 6) is 0.631. The highest BCUT2D eigenvalue weighted by Crippen LogP contribution is 2.17. The Morgan fingerprint density at radius 1 is 1.43 bits per heavy atom. The standard InChI is InChI=1S/C16H24N2O3/c1-18(11-14-7-4-5-9-20-14)16(19)12-21-15-8-3-2-6-13(15)10-17/h2-3,6,8,14H,4-5,7,9-12,17H2,1H3. The van der Waals surface area contributed by atoms with E-state index in [0.29, 0.717) is 18.8 Å². The van der Waals surface area contributed by atoms with Crippen molar-refractivity contribution in [3.8, 4) is 5.75 Å². The van der Waals surface area contributed by atoms with Gasteiger partial charge < -0.3 is 20.1 Å². The van der Waals surface area contributed by atoms with E-state index in [0.717, 1.165) is 25.0 Å². The van der Waals surface area contributed by atoms with Crippen LogP contribution >= 0.6 is 0 Å². The van der Waals surface area contributed by atoms with Crippen LogP contribution in [0.1, 0.15) is 24.8 Å². The average molecular weight is 292 g/mol. The third kappa shape index (κ3) is 4.72. The number of hydrogen-bond acceptors (Lipinski definition) is 4. The number of rotatable bonds is 6. The molecule has 5 heteroatoms. The molecule has 1 amide bonds. The predicted octanol–water partition coefficient (Wildman–Crippen LogP) is 1.55. The van der Waals surface area contributed by atoms with Crippen molar-refractivity contribution in [1.82, 2.24) is 4.90 Å². The Kier molecular flexibility index (Phi) is 6.02. The molecule has 1 unspecified atom stereocenters. The first-order valence-corrected chi connectivity index (χ1v) is 7.47. The minimum Gasteiger partial charge on any atom is -0.483 e. The number of ether oxygens (including phenoxy) is 2. The maximum absolute atomic E-state index is 12.1. The number of benzene rings is 1. The van der Waals surface area contributed by atoms with Gasteiger partial charge in [-0.3, -0.25) is 4.79 Å². The first-order chi connectivity index (χ1) is 10.2. The van der Waals surface area contributed by atoms with E-state index in [-0.39, 0.29) is 18.6 Å². The van der Waals surface area contributed by atoms with Gasteiger partial charge in [-0.2, -0.15) is 0 Å². The van der Waals surface area contributed by atoms with Gasteiger partial charge in [-0.15, -0.1) is 0 Å². The lowest BCUT2D eigenvalue weighted by Crippen LogP contribution is -2.39. The lowest BCUT2D eigenvalue weighted by molar-refractivity contribution is -0.134. The maximum Gasteiger partial charge on any atom is 0.260 e. The van der Waals surface area contributed by atoms with Gasteiger partial charge in [0, 0.05) is 32.3 Å². The summed E-state index contributed by atoms with van der Waals surface area (Å²) in [5, 5.41) is 0. The number of nitrogens with two attached hydrogens (primary N) is 1. The molecule has 0 aromatic heterocycles. The van der Waals surface area contributed by atoms with Crippen molar-refractivity contribution in [2.75, 3.05) is 26.8 Å². The molecule has 0 spiro atoms. The van der Waals surface area contributed by atoms with Crippen molar-refractivity contribution in [3.63, 3.8) is 0 Å². The number of hydrogen-bond donors (Lipinski definition) is 1. The highest BCUT2D eigenvalue weighted by atomic mass is 16.5. The van der Waals surface area contributed by atoms with Gasteiger partial charge >= 0.3 is 0 Å². The summed E-state index contributed by atoms with van der Waals surface area (Å²) in [6.07, 6.45) is 3.47. The number of nitrogens with zero attached hydrogens (tertiary/aromatic N) is 1. The van der Waals surface area contributed by atoms with Crippen molar-refractivity contribution in [2.24, 2.45) is 5.73 Å². The Bertz CT molecular complexity index is 459. The smallest absolute Gasteiger partial charge is 0.260 e. The molecule has 1 heterocycles. The summed E-state index contributed by atoms with van der Waals surface area (Å²) in [7, 11) is 1.79. The van der Waals surface area contributed by atoms with Crippen molar-refractivity contribution in [3.05, 3.63) is 29.8 Å². The number of likely N-dealkylation sites (N-methyl/N-ethyl adjacent to an activating group) is 1. The van der Waals surface area contributed by atoms with E-state index >= 15 is 0 Å². The first-order valence-electron chi connectivity index (χ1n) is 7.47. The molecule has 21 heavy (non-hydrogen) atoms. The SMILES string of the molecule is CN(CC1CCCCO1)C(=O)COc1ccccc1CN. The second-order valence-corrected chi connectivity index (χ2v) is 5.36. The highest BCUT2D eigenvalue weighted by molar-refractivity contribution is 5.77. The average Bonchev–Trinajstić information content (AvgIpc) is 2.53. The molecule has 2 N–H and O–H groups in total. The molecular formula is C16H24N2O3. The zero-order valence-electron chi connectivity index (χ0n) is 12.6. The lowest BCUT2D eigenvalue weighted by Gasteiger charge is -2.27. The van der Waals surface area contributed by atoms with Crippen molar-refractivity contribution < 1.29 is 14.3 Å². The van der Waals surface area contributed by atoms with Crippen LogP contribution in [0.25, 0.3) is 0 Å². The van der Waals surface area contributed by atoms with Gasteiger partial charge in [-0.1, -0.05) is 18.2 Å². The van der Waals surface area contributed by atoms with E-state index in [4.69, 9.17) is 15.2 Å². The van der Waals surface area contributed by atoms with E-state index in [9.17, 15) is 4.79 Å². The topological polar surface area (TPSA) is 64.8 Å². The summed E-state index contributed by atoms with van der Waals surface area (Å²) in [4.78, 5) is 13.8. The Morgan fingerprint density at radius 2 is 2.24 bits per heavy atom. The number of carbonyl (C=O) groups is 1. The normalized spacial score (nSPS) is 18.3. The highest BCUT2D eigenvalue weighted by Gasteiger charge is 2.19. The molecule has 1 saturated heterocycles. The van der Waals surface area contributed by atoms with Gasteiger partial charge in [0.15, 0.2) is 6.61 Å². The number of amides is 1. The van der Waals surface area contributed by atoms with Crippen LogP contribution in [0.5, 0.6) is 5.75 Å². The summed E-state index contributed by atoms with van der Waals surface area (Å²) >= 11 is 0. The van der Waals surface area contributed by atoms with Crippen LogP contribution in [0.3, 0.4) is 0 Å². The molecule has 2 rings (SSSR count). The van der Waals surface area contributed by atoms with E-state index in [2.05, 4.69) is 0 Å². The fourth-order valence-electron chi connectivity index (χ4n) is 2.42. The van der Waals surface area contributed by atoms with Crippen LogP contribution in [-0.4, -0.2) is 43.7 Å². The van der Waals surface area contributed by atoms with Crippen LogP contribution in [0.15, 0.2) is 24.3 Å². The van der Waals surface area contributed by atoms with E-state index in [1.165, 1.54) is 6.42 Å². The third-order valence-corrected chi connectivity index (χ3v) is 3.72. The molecule has 5 nitrogen and oxygen atoms in total. The minimum absolute atomic E-state index is 0.0280. The predicted molar refractivity (Wildman–Crippen MR) is 81.1 cm³/mol. The molecule has 1 aliphatic rings. The molecule has 116 valence electrons. The lowest BCUT2D eigenvalue weighted by atomic mass is 10.1. The summed E-state index contributed by atoms with van der Waals surface area (Å²) < 4.78 is 11.2. The van der Waals surface area contributed by atoms with Gasteiger partial charge in [0.25, 0.3) is 5.91 Å². The largest absolute Gasteiger partial charge is 0.483 e. The fourth-order valence-corrected chi connectivity index (χ4v) is 2.42. The van der Waals surface area contributed by atoms with Gasteiger partial charge in [0.1, 0.15) is 5.75 Å². The molecule has 0 saturated carbocycles. The molecule has 0 radical (unpaired) electrons. The molecule has 1 atom stereocenters. The quantitative estimate of drug-likeness (QED) is 0.864. The van der Waals surface area contributed by atoms with Gasteiger partial charge in [0.2, 0.25) is 0 Å². The summed E-state index contributed by atoms with van der Waals surface area (Å²) in [6.45, 7) is 1.85. The molecule has 1 aliphatic heterocycles. The zero-order valence-corrected chi connectivity index (χ0v) is 12.6. The van der Waals surface area contributed by atoms with Gasteiger partial charge in [0.05, 0.1) is 6.10 Å². The zero-order chi connectivity index (χ0) is 15.1. The van der Waals surface area contributed by atoms with Crippen LogP contribution in [0, 0.1) is 0 Å². The number of carbonyl (C=O) groups excluding carboxylic acids is 1. The van der Waals surface area contributed by atoms with Gasteiger partial charge in [-0.25, -0.2) is 0 Å². The van der Waals surface area contributed by atoms with E-state index in [1.54, 1.807) is 11.9 Å². The van der Waals surface area contributed by atoms with Crippen LogP contribution in [0.4, 0.5) is 0 Å². The fraction of sp³-hybridized carbons (Fsp3) is 0.562. The van der Waals surface area contributed by atoms with Gasteiger partial charge in [-0.05, 0) is 25.3 Å². The Hall–Kier alpha value is -1.59. The molecule has 0 bridgehead atoms. The maximum atomic E-state index is 12.1. The second kappa shape index (κ2) is 8.00. The molecule has 0 aliphatic carbocycles. The number of para-hydroxylation sites is 1. The van der Waals surface area contributed by atoms with Crippen LogP contribution in [0.2, 0.25) is 0 Å². The van der Waals surface area contributed by atoms with Crippen LogP contribution in [-0.2, 0) is 16.1 Å². The monoisotopic (exact) mass is 292 g/mol.